The molecule has 1 fully saturated rings. The van der Waals surface area contributed by atoms with E-state index in [2.05, 4.69) is 16.0 Å². The quantitative estimate of drug-likeness (QED) is 0.687. The van der Waals surface area contributed by atoms with Crippen LogP contribution in [0, 0.1) is 11.8 Å². The lowest BCUT2D eigenvalue weighted by Crippen LogP contribution is -2.53. The Hall–Kier alpha value is -1.79. The number of carbonyl (C=O) groups excluding carboxylic acids is 2. The molecule has 0 saturated carbocycles. The second-order valence-electron chi connectivity index (χ2n) is 6.16. The number of ether oxygens (including phenoxy) is 1. The number of hydrogen-bond acceptors (Lipinski definition) is 4. The number of nitrogens with one attached hydrogen (secondary N) is 3. The summed E-state index contributed by atoms with van der Waals surface area (Å²) in [7, 11) is 1.52. The molecule has 0 bridgehead atoms. The smallest absolute Gasteiger partial charge is 0.255 e. The lowest BCUT2D eigenvalue weighted by atomic mass is 10.0. The van der Waals surface area contributed by atoms with Gasteiger partial charge < -0.3 is 20.7 Å². The molecular formula is C17H26ClN3O3. The van der Waals surface area contributed by atoms with Crippen LogP contribution in [0.5, 0.6) is 5.75 Å². The van der Waals surface area contributed by atoms with Gasteiger partial charge in [-0.3, -0.25) is 9.59 Å². The Balaban J connectivity index is 0.00000288. The van der Waals surface area contributed by atoms with Crippen LogP contribution in [0.3, 0.4) is 0 Å². The average molecular weight is 356 g/mol. The predicted molar refractivity (Wildman–Crippen MR) is 95.7 cm³/mol. The van der Waals surface area contributed by atoms with Crippen molar-refractivity contribution in [3.63, 3.8) is 0 Å². The van der Waals surface area contributed by atoms with Crippen molar-refractivity contribution in [2.45, 2.75) is 19.9 Å². The molecule has 24 heavy (non-hydrogen) atoms. The number of amides is 2. The molecule has 134 valence electrons. The van der Waals surface area contributed by atoms with Crippen LogP contribution < -0.4 is 20.7 Å². The van der Waals surface area contributed by atoms with E-state index in [9.17, 15) is 9.59 Å². The molecule has 1 heterocycles. The minimum atomic E-state index is -0.569. The van der Waals surface area contributed by atoms with Gasteiger partial charge in [0.05, 0.1) is 12.7 Å². The van der Waals surface area contributed by atoms with Crippen molar-refractivity contribution in [3.05, 3.63) is 29.8 Å². The largest absolute Gasteiger partial charge is 0.496 e. The van der Waals surface area contributed by atoms with Gasteiger partial charge in [-0.2, -0.15) is 0 Å². The molecule has 1 aliphatic rings. The van der Waals surface area contributed by atoms with Crippen molar-refractivity contribution in [1.82, 2.24) is 16.0 Å². The Morgan fingerprint density at radius 3 is 2.50 bits per heavy atom. The van der Waals surface area contributed by atoms with Gasteiger partial charge in [0.25, 0.3) is 5.91 Å². The van der Waals surface area contributed by atoms with Gasteiger partial charge in [0.2, 0.25) is 5.91 Å². The zero-order valence-electron chi connectivity index (χ0n) is 14.3. The predicted octanol–water partition coefficient (Wildman–Crippen LogP) is 1.21. The molecule has 6 nitrogen and oxygen atoms in total. The fourth-order valence-electron chi connectivity index (χ4n) is 2.43. The van der Waals surface area contributed by atoms with Crippen molar-refractivity contribution in [1.29, 1.82) is 0 Å². The summed E-state index contributed by atoms with van der Waals surface area (Å²) < 4.78 is 5.20. The Morgan fingerprint density at radius 2 is 1.96 bits per heavy atom. The Bertz CT molecular complexity index is 562. The summed E-state index contributed by atoms with van der Waals surface area (Å²) in [5, 5.41) is 8.92. The van der Waals surface area contributed by atoms with Gasteiger partial charge in [0, 0.05) is 25.6 Å². The van der Waals surface area contributed by atoms with E-state index in [4.69, 9.17) is 4.74 Å². The molecule has 0 spiro atoms. The number of hydrogen-bond donors (Lipinski definition) is 3. The van der Waals surface area contributed by atoms with Gasteiger partial charge in [-0.1, -0.05) is 26.0 Å². The summed E-state index contributed by atoms with van der Waals surface area (Å²) in [4.78, 5) is 24.8. The minimum Gasteiger partial charge on any atom is -0.496 e. The fraction of sp³-hybridized carbons (Fsp3) is 0.529. The van der Waals surface area contributed by atoms with Crippen LogP contribution in [0.2, 0.25) is 0 Å². The van der Waals surface area contributed by atoms with Crippen LogP contribution in [0.15, 0.2) is 24.3 Å². The number of methoxy groups -OCH3 is 1. The van der Waals surface area contributed by atoms with Crippen LogP contribution in [-0.4, -0.2) is 44.6 Å². The van der Waals surface area contributed by atoms with Gasteiger partial charge >= 0.3 is 0 Å². The van der Waals surface area contributed by atoms with Crippen molar-refractivity contribution >= 4 is 24.2 Å². The summed E-state index contributed by atoms with van der Waals surface area (Å²) >= 11 is 0. The van der Waals surface area contributed by atoms with Gasteiger partial charge in [0.15, 0.2) is 0 Å². The highest BCUT2D eigenvalue weighted by Crippen LogP contribution is 2.17. The molecule has 1 aliphatic heterocycles. The second-order valence-corrected chi connectivity index (χ2v) is 6.16. The first kappa shape index (κ1) is 20.3. The third-order valence-electron chi connectivity index (χ3n) is 4.02. The third kappa shape index (κ3) is 5.11. The molecule has 0 aromatic heterocycles. The molecular weight excluding hydrogens is 330 g/mol. The first-order valence-corrected chi connectivity index (χ1v) is 7.95. The normalized spacial score (nSPS) is 15.0. The zero-order chi connectivity index (χ0) is 16.8. The van der Waals surface area contributed by atoms with E-state index in [-0.39, 0.29) is 30.1 Å². The van der Waals surface area contributed by atoms with Gasteiger partial charge in [-0.15, -0.1) is 12.4 Å². The van der Waals surface area contributed by atoms with Crippen molar-refractivity contribution < 1.29 is 14.3 Å². The van der Waals surface area contributed by atoms with Crippen LogP contribution in [0.1, 0.15) is 24.2 Å². The van der Waals surface area contributed by atoms with Gasteiger partial charge in [-0.25, -0.2) is 0 Å². The van der Waals surface area contributed by atoms with E-state index in [0.29, 0.717) is 23.8 Å². The highest BCUT2D eigenvalue weighted by molar-refractivity contribution is 5.99. The van der Waals surface area contributed by atoms with Gasteiger partial charge in [-0.05, 0) is 18.1 Å². The second kappa shape index (κ2) is 9.49. The number of rotatable bonds is 7. The number of benzene rings is 1. The fourth-order valence-corrected chi connectivity index (χ4v) is 2.43. The third-order valence-corrected chi connectivity index (χ3v) is 4.02. The van der Waals surface area contributed by atoms with E-state index >= 15 is 0 Å². The van der Waals surface area contributed by atoms with Crippen molar-refractivity contribution in [3.8, 4) is 5.75 Å². The number of para-hydroxylation sites is 1. The summed E-state index contributed by atoms with van der Waals surface area (Å²) in [6, 6.07) is 6.41. The molecule has 2 amide bonds. The Kier molecular flexibility index (Phi) is 8.01. The minimum absolute atomic E-state index is 0. The summed E-state index contributed by atoms with van der Waals surface area (Å²) in [5.74, 6) is 0.523. The summed E-state index contributed by atoms with van der Waals surface area (Å²) in [6.07, 6.45) is 0. The molecule has 0 aliphatic carbocycles. The lowest BCUT2D eigenvalue weighted by molar-refractivity contribution is -0.124. The molecule has 3 N–H and O–H groups in total. The highest BCUT2D eigenvalue weighted by Gasteiger charge is 2.27. The molecule has 7 heteroatoms. The Labute approximate surface area is 149 Å². The van der Waals surface area contributed by atoms with Crippen LogP contribution in [0.25, 0.3) is 0 Å². The van der Waals surface area contributed by atoms with E-state index in [0.717, 1.165) is 13.1 Å². The first-order valence-electron chi connectivity index (χ1n) is 7.95. The highest BCUT2D eigenvalue weighted by atomic mass is 35.5. The van der Waals surface area contributed by atoms with E-state index in [1.165, 1.54) is 7.11 Å². The van der Waals surface area contributed by atoms with E-state index < -0.39 is 6.04 Å². The molecule has 1 aromatic rings. The molecule has 1 aromatic carbocycles. The average Bonchev–Trinajstić information content (AvgIpc) is 2.50. The molecule has 0 radical (unpaired) electrons. The van der Waals surface area contributed by atoms with E-state index in [1.54, 1.807) is 24.3 Å². The monoisotopic (exact) mass is 355 g/mol. The summed E-state index contributed by atoms with van der Waals surface area (Å²) in [5.41, 5.74) is 0.427. The maximum Gasteiger partial charge on any atom is 0.255 e. The van der Waals surface area contributed by atoms with Crippen LogP contribution in [0.4, 0.5) is 0 Å². The first-order chi connectivity index (χ1) is 11.0. The molecule has 1 atom stereocenters. The SMILES string of the molecule is COc1ccccc1C(=O)NC(C(=O)NCC1CNC1)C(C)C.Cl. The standard InChI is InChI=1S/C17H25N3O3.ClH/c1-11(2)15(17(22)19-10-12-8-18-9-12)20-16(21)13-6-4-5-7-14(13)23-3;/h4-7,11-12,15,18H,8-10H2,1-3H3,(H,19,22)(H,20,21);1H. The van der Waals surface area contributed by atoms with Crippen LogP contribution in [-0.2, 0) is 4.79 Å². The van der Waals surface area contributed by atoms with E-state index in [1.807, 2.05) is 13.8 Å². The maximum absolute atomic E-state index is 12.5. The number of halogens is 1. The van der Waals surface area contributed by atoms with Gasteiger partial charge in [0.1, 0.15) is 11.8 Å². The molecule has 1 unspecified atom stereocenters. The molecule has 1 saturated heterocycles. The lowest BCUT2D eigenvalue weighted by Gasteiger charge is -2.29. The topological polar surface area (TPSA) is 79.5 Å². The van der Waals surface area contributed by atoms with Crippen molar-refractivity contribution in [2.75, 3.05) is 26.7 Å². The molecule has 2 rings (SSSR count). The number of carbonyl (C=O) groups is 2. The summed E-state index contributed by atoms with van der Waals surface area (Å²) in [6.45, 7) is 6.33. The van der Waals surface area contributed by atoms with Crippen molar-refractivity contribution in [2.24, 2.45) is 11.8 Å². The Morgan fingerprint density at radius 1 is 1.29 bits per heavy atom. The van der Waals surface area contributed by atoms with Crippen LogP contribution >= 0.6 is 12.4 Å². The zero-order valence-corrected chi connectivity index (χ0v) is 15.1. The maximum atomic E-state index is 12.5.